The van der Waals surface area contributed by atoms with E-state index >= 15 is 0 Å². The van der Waals surface area contributed by atoms with Gasteiger partial charge < -0.3 is 0 Å². The summed E-state index contributed by atoms with van der Waals surface area (Å²) in [4.78, 5) is 0. The van der Waals surface area contributed by atoms with Crippen LogP contribution in [0, 0.1) is 17.4 Å². The Morgan fingerprint density at radius 1 is 1.20 bits per heavy atom. The first-order valence-corrected chi connectivity index (χ1v) is 5.33. The molecular weight excluding hydrogens is 136 g/mol. The van der Waals surface area contributed by atoms with Crippen LogP contribution in [0.5, 0.6) is 0 Å². The van der Waals surface area contributed by atoms with Crippen molar-refractivity contribution in [2.24, 2.45) is 5.92 Å². The minimum absolute atomic E-state index is 0.954. The lowest BCUT2D eigenvalue weighted by Crippen LogP contribution is -2.04. The van der Waals surface area contributed by atoms with Gasteiger partial charge in [-0.25, -0.2) is 0 Å². The lowest BCUT2D eigenvalue weighted by atomic mass is 9.87. The van der Waals surface area contributed by atoms with E-state index < -0.39 is 0 Å². The van der Waals surface area contributed by atoms with Gasteiger partial charge in [-0.2, -0.15) is 0 Å². The van der Waals surface area contributed by atoms with Gasteiger partial charge in [0.2, 0.25) is 0 Å². The molecule has 0 spiro atoms. The molecule has 56 valence electrons. The van der Waals surface area contributed by atoms with Crippen LogP contribution in [-0.4, -0.2) is 10.2 Å². The SMILES string of the molecule is [SiH3]C#CCC1CCCCC1. The Balaban J connectivity index is 2.17. The fourth-order valence-electron chi connectivity index (χ4n) is 1.64. The molecule has 1 rings (SSSR count). The molecule has 10 heavy (non-hydrogen) atoms. The van der Waals surface area contributed by atoms with E-state index in [9.17, 15) is 0 Å². The molecule has 0 aromatic rings. The third-order valence-corrected chi connectivity index (χ3v) is 2.65. The van der Waals surface area contributed by atoms with Crippen molar-refractivity contribution in [3.63, 3.8) is 0 Å². The average molecular weight is 152 g/mol. The van der Waals surface area contributed by atoms with E-state index in [4.69, 9.17) is 0 Å². The summed E-state index contributed by atoms with van der Waals surface area (Å²) in [5, 5.41) is 0. The quantitative estimate of drug-likeness (QED) is 0.392. The summed E-state index contributed by atoms with van der Waals surface area (Å²) in [6.07, 6.45) is 8.43. The lowest BCUT2D eigenvalue weighted by molar-refractivity contribution is 0.365. The summed E-state index contributed by atoms with van der Waals surface area (Å²) in [6, 6.07) is 0. The third kappa shape index (κ3) is 2.58. The van der Waals surface area contributed by atoms with E-state index in [1.165, 1.54) is 38.5 Å². The van der Waals surface area contributed by atoms with Crippen LogP contribution in [0.2, 0.25) is 0 Å². The maximum absolute atomic E-state index is 3.23. The predicted molar refractivity (Wildman–Crippen MR) is 48.9 cm³/mol. The molecule has 0 aliphatic heterocycles. The van der Waals surface area contributed by atoms with Crippen molar-refractivity contribution >= 4 is 10.2 Å². The molecule has 0 heterocycles. The topological polar surface area (TPSA) is 0 Å². The van der Waals surface area contributed by atoms with Gasteiger partial charge >= 0.3 is 0 Å². The number of hydrogen-bond donors (Lipinski definition) is 0. The number of rotatable bonds is 1. The van der Waals surface area contributed by atoms with Crippen molar-refractivity contribution in [3.8, 4) is 11.5 Å². The second-order valence-electron chi connectivity index (χ2n) is 3.13. The Kier molecular flexibility index (Phi) is 3.60. The lowest BCUT2D eigenvalue weighted by Gasteiger charge is -2.18. The van der Waals surface area contributed by atoms with Gasteiger partial charge in [0.25, 0.3) is 0 Å². The van der Waals surface area contributed by atoms with Crippen LogP contribution >= 0.6 is 0 Å². The van der Waals surface area contributed by atoms with Gasteiger partial charge in [0.05, 0.1) is 10.2 Å². The monoisotopic (exact) mass is 152 g/mol. The Bertz CT molecular complexity index is 135. The van der Waals surface area contributed by atoms with Crippen LogP contribution in [0.15, 0.2) is 0 Å². The zero-order valence-corrected chi connectivity index (χ0v) is 8.82. The Morgan fingerprint density at radius 3 is 2.50 bits per heavy atom. The largest absolute Gasteiger partial charge is 0.144 e. The van der Waals surface area contributed by atoms with Crippen molar-refractivity contribution in [2.45, 2.75) is 38.5 Å². The van der Waals surface area contributed by atoms with E-state index in [0.29, 0.717) is 0 Å². The van der Waals surface area contributed by atoms with E-state index in [0.717, 1.165) is 16.2 Å². The highest BCUT2D eigenvalue weighted by molar-refractivity contribution is 6.22. The summed E-state index contributed by atoms with van der Waals surface area (Å²) in [5.74, 6) is 4.18. The normalized spacial score (nSPS) is 20.0. The number of hydrogen-bond acceptors (Lipinski definition) is 0. The predicted octanol–water partition coefficient (Wildman–Crippen LogP) is 1.28. The van der Waals surface area contributed by atoms with Crippen molar-refractivity contribution in [1.82, 2.24) is 0 Å². The van der Waals surface area contributed by atoms with Crippen molar-refractivity contribution in [3.05, 3.63) is 0 Å². The molecule has 0 atom stereocenters. The van der Waals surface area contributed by atoms with Gasteiger partial charge in [-0.15, -0.1) is 11.5 Å². The van der Waals surface area contributed by atoms with E-state index in [-0.39, 0.29) is 0 Å². The molecule has 0 saturated heterocycles. The fourth-order valence-corrected chi connectivity index (χ4v) is 1.84. The minimum Gasteiger partial charge on any atom is -0.144 e. The standard InChI is InChI=1S/C9H16Si/c10-8-4-7-9-5-2-1-3-6-9/h9H,1-3,5-7H2,10H3. The highest BCUT2D eigenvalue weighted by Gasteiger charge is 2.10. The van der Waals surface area contributed by atoms with Gasteiger partial charge in [-0.3, -0.25) is 0 Å². The molecule has 0 unspecified atom stereocenters. The highest BCUT2D eigenvalue weighted by Crippen LogP contribution is 2.25. The molecule has 0 aromatic heterocycles. The summed E-state index contributed by atoms with van der Waals surface area (Å²) in [6.45, 7) is 0. The molecule has 1 heteroatoms. The second kappa shape index (κ2) is 4.57. The van der Waals surface area contributed by atoms with Gasteiger partial charge in [-0.1, -0.05) is 19.3 Å². The maximum atomic E-state index is 3.23. The molecule has 0 aromatic carbocycles. The Morgan fingerprint density at radius 2 is 1.90 bits per heavy atom. The molecule has 1 aliphatic carbocycles. The molecule has 0 N–H and O–H groups in total. The summed E-state index contributed by atoms with van der Waals surface area (Å²) in [7, 11) is 1.06. The minimum atomic E-state index is 0.954. The van der Waals surface area contributed by atoms with Crippen LogP contribution in [0.25, 0.3) is 0 Å². The highest BCUT2D eigenvalue weighted by atomic mass is 28.1. The molecule has 1 aliphatic rings. The smallest absolute Gasteiger partial charge is 0.0906 e. The first-order chi connectivity index (χ1) is 4.93. The molecule has 1 saturated carbocycles. The van der Waals surface area contributed by atoms with E-state index in [1.54, 1.807) is 0 Å². The zero-order valence-electron chi connectivity index (χ0n) is 6.82. The van der Waals surface area contributed by atoms with Crippen LogP contribution in [-0.2, 0) is 0 Å². The van der Waals surface area contributed by atoms with Crippen molar-refractivity contribution in [1.29, 1.82) is 0 Å². The van der Waals surface area contributed by atoms with Crippen LogP contribution in [0.4, 0.5) is 0 Å². The fraction of sp³-hybridized carbons (Fsp3) is 0.778. The van der Waals surface area contributed by atoms with Crippen LogP contribution < -0.4 is 0 Å². The van der Waals surface area contributed by atoms with Gasteiger partial charge in [0.15, 0.2) is 0 Å². The molecule has 0 amide bonds. The Labute approximate surface area is 66.8 Å². The van der Waals surface area contributed by atoms with E-state index in [2.05, 4.69) is 11.5 Å². The molecule has 0 bridgehead atoms. The first-order valence-electron chi connectivity index (χ1n) is 4.33. The van der Waals surface area contributed by atoms with Crippen LogP contribution in [0.1, 0.15) is 38.5 Å². The van der Waals surface area contributed by atoms with Gasteiger partial charge in [-0.05, 0) is 18.8 Å². The molecule has 0 radical (unpaired) electrons. The summed E-state index contributed by atoms with van der Waals surface area (Å²) >= 11 is 0. The van der Waals surface area contributed by atoms with Gasteiger partial charge in [0, 0.05) is 6.42 Å². The van der Waals surface area contributed by atoms with Crippen molar-refractivity contribution in [2.75, 3.05) is 0 Å². The average Bonchev–Trinajstić information content (AvgIpc) is 2.03. The molecule has 1 fully saturated rings. The summed E-state index contributed by atoms with van der Waals surface area (Å²) in [5.41, 5.74) is 3.10. The first kappa shape index (κ1) is 7.88. The molecule has 0 nitrogen and oxygen atoms in total. The summed E-state index contributed by atoms with van der Waals surface area (Å²) < 4.78 is 0. The molecular formula is C9H16Si. The second-order valence-corrected chi connectivity index (χ2v) is 3.63. The zero-order chi connectivity index (χ0) is 7.23. The van der Waals surface area contributed by atoms with Crippen LogP contribution in [0.3, 0.4) is 0 Å². The van der Waals surface area contributed by atoms with Crippen molar-refractivity contribution < 1.29 is 0 Å². The van der Waals surface area contributed by atoms with E-state index in [1.807, 2.05) is 0 Å². The maximum Gasteiger partial charge on any atom is 0.0906 e. The Hall–Kier alpha value is -0.223. The third-order valence-electron chi connectivity index (χ3n) is 2.29. The van der Waals surface area contributed by atoms with Gasteiger partial charge in [0.1, 0.15) is 0 Å².